The first-order valence-corrected chi connectivity index (χ1v) is 9.27. The minimum absolute atomic E-state index is 0.00360. The second kappa shape index (κ2) is 8.58. The highest BCUT2D eigenvalue weighted by molar-refractivity contribution is 5.95. The Bertz CT molecular complexity index is 804. The molecule has 0 spiro atoms. The largest absolute Gasteiger partial charge is 0.399 e. The van der Waals surface area contributed by atoms with Gasteiger partial charge in [0.15, 0.2) is 0 Å². The van der Waals surface area contributed by atoms with Gasteiger partial charge in [-0.15, -0.1) is 0 Å². The van der Waals surface area contributed by atoms with E-state index in [4.69, 9.17) is 5.73 Å². The van der Waals surface area contributed by atoms with Crippen molar-refractivity contribution in [3.63, 3.8) is 0 Å². The Hall–Kier alpha value is -3.02. The van der Waals surface area contributed by atoms with Crippen LogP contribution in [0.5, 0.6) is 0 Å². The van der Waals surface area contributed by atoms with Gasteiger partial charge in [-0.25, -0.2) is 4.79 Å². The molecule has 0 aliphatic carbocycles. The molecule has 142 valence electrons. The van der Waals surface area contributed by atoms with Crippen LogP contribution >= 0.6 is 0 Å². The van der Waals surface area contributed by atoms with E-state index in [1.165, 1.54) is 0 Å². The van der Waals surface area contributed by atoms with Crippen LogP contribution in [-0.2, 0) is 0 Å². The summed E-state index contributed by atoms with van der Waals surface area (Å²) < 4.78 is 0. The number of nitrogen functional groups attached to an aromatic ring is 1. The monoisotopic (exact) mass is 366 g/mol. The Labute approximate surface area is 159 Å². The molecular formula is C21H26N4O2. The maximum absolute atomic E-state index is 12.7. The maximum Gasteiger partial charge on any atom is 0.319 e. The lowest BCUT2D eigenvalue weighted by Gasteiger charge is -2.33. The summed E-state index contributed by atoms with van der Waals surface area (Å²) in [6, 6.07) is 14.5. The second-order valence-corrected chi connectivity index (χ2v) is 7.09. The average molecular weight is 366 g/mol. The van der Waals surface area contributed by atoms with Gasteiger partial charge in [0.25, 0.3) is 5.91 Å². The van der Waals surface area contributed by atoms with Crippen molar-refractivity contribution in [2.24, 2.45) is 5.92 Å². The first kappa shape index (κ1) is 18.8. The fraction of sp³-hybridized carbons (Fsp3) is 0.333. The van der Waals surface area contributed by atoms with Crippen molar-refractivity contribution in [1.82, 2.24) is 10.2 Å². The summed E-state index contributed by atoms with van der Waals surface area (Å²) in [7, 11) is 0. The van der Waals surface area contributed by atoms with Crippen LogP contribution in [0.15, 0.2) is 48.5 Å². The predicted octanol–water partition coefficient (Wildman–Crippen LogP) is 3.25. The molecule has 2 aromatic rings. The average Bonchev–Trinajstić information content (AvgIpc) is 2.68. The van der Waals surface area contributed by atoms with Gasteiger partial charge in [0.05, 0.1) is 0 Å². The van der Waals surface area contributed by atoms with E-state index in [1.807, 2.05) is 36.1 Å². The molecule has 0 bridgehead atoms. The minimum Gasteiger partial charge on any atom is -0.399 e. The summed E-state index contributed by atoms with van der Waals surface area (Å²) in [4.78, 5) is 26.6. The van der Waals surface area contributed by atoms with Gasteiger partial charge in [-0.3, -0.25) is 4.79 Å². The molecule has 6 nitrogen and oxygen atoms in total. The molecule has 3 rings (SSSR count). The van der Waals surface area contributed by atoms with Gasteiger partial charge in [0, 0.05) is 36.6 Å². The molecule has 1 atom stereocenters. The Morgan fingerprint density at radius 2 is 1.96 bits per heavy atom. The smallest absolute Gasteiger partial charge is 0.319 e. The maximum atomic E-state index is 12.7. The van der Waals surface area contributed by atoms with E-state index in [0.717, 1.165) is 30.6 Å². The normalized spacial score (nSPS) is 16.6. The summed E-state index contributed by atoms with van der Waals surface area (Å²) in [5.41, 5.74) is 8.89. The van der Waals surface area contributed by atoms with Gasteiger partial charge < -0.3 is 21.3 Å². The number of carbonyl (C=O) groups excluding carboxylic acids is 2. The van der Waals surface area contributed by atoms with Crippen LogP contribution in [0.4, 0.5) is 16.2 Å². The van der Waals surface area contributed by atoms with Gasteiger partial charge in [-0.2, -0.15) is 0 Å². The number of urea groups is 1. The van der Waals surface area contributed by atoms with Gasteiger partial charge in [-0.05, 0) is 56.0 Å². The summed E-state index contributed by atoms with van der Waals surface area (Å²) in [5.74, 6) is 0.239. The van der Waals surface area contributed by atoms with Crippen LogP contribution in [0.1, 0.15) is 28.8 Å². The van der Waals surface area contributed by atoms with Crippen LogP contribution in [0.2, 0.25) is 0 Å². The molecule has 27 heavy (non-hydrogen) atoms. The van der Waals surface area contributed by atoms with Crippen molar-refractivity contribution in [2.45, 2.75) is 19.8 Å². The summed E-state index contributed by atoms with van der Waals surface area (Å²) in [5, 5.41) is 5.75. The van der Waals surface area contributed by atoms with E-state index in [1.54, 1.807) is 24.3 Å². The first-order valence-electron chi connectivity index (χ1n) is 9.27. The van der Waals surface area contributed by atoms with Crippen molar-refractivity contribution >= 4 is 23.3 Å². The number of piperidine rings is 1. The fourth-order valence-electron chi connectivity index (χ4n) is 3.32. The lowest BCUT2D eigenvalue weighted by atomic mass is 9.97. The highest BCUT2D eigenvalue weighted by atomic mass is 16.2. The van der Waals surface area contributed by atoms with E-state index < -0.39 is 0 Å². The summed E-state index contributed by atoms with van der Waals surface area (Å²) in [6.45, 7) is 3.92. The molecule has 1 heterocycles. The number of likely N-dealkylation sites (tertiary alicyclic amines) is 1. The highest BCUT2D eigenvalue weighted by Gasteiger charge is 2.24. The number of amides is 3. The molecule has 4 N–H and O–H groups in total. The Balaban J connectivity index is 1.50. The molecule has 6 heteroatoms. The van der Waals surface area contributed by atoms with Crippen molar-refractivity contribution < 1.29 is 9.59 Å². The topological polar surface area (TPSA) is 87.5 Å². The zero-order chi connectivity index (χ0) is 19.2. The number of anilines is 2. The third-order valence-electron chi connectivity index (χ3n) is 4.80. The van der Waals surface area contributed by atoms with Gasteiger partial charge >= 0.3 is 6.03 Å². The Morgan fingerprint density at radius 1 is 1.19 bits per heavy atom. The van der Waals surface area contributed by atoms with Crippen molar-refractivity contribution in [3.8, 4) is 0 Å². The third-order valence-corrected chi connectivity index (χ3v) is 4.80. The van der Waals surface area contributed by atoms with Gasteiger partial charge in [0.1, 0.15) is 0 Å². The molecule has 1 saturated heterocycles. The number of benzene rings is 2. The molecule has 1 unspecified atom stereocenters. The van der Waals surface area contributed by atoms with Crippen LogP contribution in [0.3, 0.4) is 0 Å². The molecule has 0 radical (unpaired) electrons. The molecule has 1 fully saturated rings. The Morgan fingerprint density at radius 3 is 2.70 bits per heavy atom. The standard InChI is InChI=1S/C21H26N4O2/c1-15-7-9-19(10-8-15)24-21(27)23-13-16-4-3-11-25(14-16)20(26)17-5-2-6-18(22)12-17/h2,5-10,12,16H,3-4,11,13-14,22H2,1H3,(H2,23,24,27). The summed E-state index contributed by atoms with van der Waals surface area (Å²) >= 11 is 0. The number of nitrogens with one attached hydrogen (secondary N) is 2. The molecule has 1 aliphatic rings. The van der Waals surface area contributed by atoms with Crippen molar-refractivity contribution in [3.05, 3.63) is 59.7 Å². The van der Waals surface area contributed by atoms with Crippen LogP contribution in [0, 0.1) is 12.8 Å². The predicted molar refractivity (Wildman–Crippen MR) is 108 cm³/mol. The van der Waals surface area contributed by atoms with Gasteiger partial charge in [-0.1, -0.05) is 23.8 Å². The van der Waals surface area contributed by atoms with Crippen molar-refractivity contribution in [2.75, 3.05) is 30.7 Å². The molecule has 2 aromatic carbocycles. The number of rotatable bonds is 4. The van der Waals surface area contributed by atoms with E-state index in [0.29, 0.717) is 24.3 Å². The van der Waals surface area contributed by atoms with Crippen LogP contribution in [-0.4, -0.2) is 36.5 Å². The molecule has 0 aromatic heterocycles. The number of hydrogen-bond acceptors (Lipinski definition) is 3. The minimum atomic E-state index is -0.224. The zero-order valence-electron chi connectivity index (χ0n) is 15.6. The van der Waals surface area contributed by atoms with Crippen LogP contribution < -0.4 is 16.4 Å². The van der Waals surface area contributed by atoms with E-state index in [-0.39, 0.29) is 17.9 Å². The highest BCUT2D eigenvalue weighted by Crippen LogP contribution is 2.19. The van der Waals surface area contributed by atoms with Crippen LogP contribution in [0.25, 0.3) is 0 Å². The number of carbonyl (C=O) groups is 2. The lowest BCUT2D eigenvalue weighted by Crippen LogP contribution is -2.44. The number of aryl methyl sites for hydroxylation is 1. The summed E-state index contributed by atoms with van der Waals surface area (Å²) in [6.07, 6.45) is 1.92. The fourth-order valence-corrected chi connectivity index (χ4v) is 3.32. The zero-order valence-corrected chi connectivity index (χ0v) is 15.6. The SMILES string of the molecule is Cc1ccc(NC(=O)NCC2CCCN(C(=O)c3cccc(N)c3)C2)cc1. The number of nitrogens with two attached hydrogens (primary N) is 1. The van der Waals surface area contributed by atoms with Crippen molar-refractivity contribution in [1.29, 1.82) is 0 Å². The number of hydrogen-bond donors (Lipinski definition) is 3. The second-order valence-electron chi connectivity index (χ2n) is 7.09. The van der Waals surface area contributed by atoms with E-state index in [9.17, 15) is 9.59 Å². The molecular weight excluding hydrogens is 340 g/mol. The Kier molecular flexibility index (Phi) is 5.96. The number of nitrogens with zero attached hydrogens (tertiary/aromatic N) is 1. The van der Waals surface area contributed by atoms with E-state index in [2.05, 4.69) is 10.6 Å². The first-order chi connectivity index (χ1) is 13.0. The quantitative estimate of drug-likeness (QED) is 0.726. The lowest BCUT2D eigenvalue weighted by molar-refractivity contribution is 0.0675. The third kappa shape index (κ3) is 5.23. The molecule has 1 aliphatic heterocycles. The van der Waals surface area contributed by atoms with Gasteiger partial charge in [0.2, 0.25) is 0 Å². The van der Waals surface area contributed by atoms with E-state index >= 15 is 0 Å². The molecule has 0 saturated carbocycles. The molecule has 3 amide bonds.